The second-order valence-corrected chi connectivity index (χ2v) is 5.43. The Kier molecular flexibility index (Phi) is 2.59. The Morgan fingerprint density at radius 2 is 2.10 bits per heavy atom. The molecule has 0 bridgehead atoms. The van der Waals surface area contributed by atoms with E-state index in [0.717, 1.165) is 17.7 Å². The van der Waals surface area contributed by atoms with Gasteiger partial charge >= 0.3 is 0 Å². The molecule has 1 aromatic carbocycles. The zero-order valence-corrected chi connectivity index (χ0v) is 11.0. The highest BCUT2D eigenvalue weighted by atomic mass is 19.1. The Hall–Kier alpha value is -2.16. The van der Waals surface area contributed by atoms with E-state index in [1.807, 2.05) is 24.3 Å². The smallest absolute Gasteiger partial charge is 0.146 e. The molecule has 20 heavy (non-hydrogen) atoms. The molecule has 2 aliphatic rings. The molecule has 2 aromatic rings. The minimum absolute atomic E-state index is 0.0700. The first-order valence-corrected chi connectivity index (χ1v) is 6.97. The van der Waals surface area contributed by atoms with Crippen LogP contribution in [0, 0.1) is 11.7 Å². The normalized spacial score (nSPS) is 26.8. The van der Waals surface area contributed by atoms with Crippen molar-refractivity contribution in [2.24, 2.45) is 5.92 Å². The first-order valence-electron chi connectivity index (χ1n) is 6.97. The molecule has 0 saturated carbocycles. The number of para-hydroxylation sites is 1. The summed E-state index contributed by atoms with van der Waals surface area (Å²) in [7, 11) is 0. The molecule has 0 unspecified atom stereocenters. The minimum Gasteiger partial charge on any atom is -0.374 e. The second kappa shape index (κ2) is 4.44. The number of hydrogen-bond acceptors (Lipinski definition) is 2. The van der Waals surface area contributed by atoms with Gasteiger partial charge in [0.05, 0.1) is 17.4 Å². The van der Waals surface area contributed by atoms with Gasteiger partial charge in [0.15, 0.2) is 0 Å². The van der Waals surface area contributed by atoms with E-state index < -0.39 is 0 Å². The fourth-order valence-corrected chi connectivity index (χ4v) is 3.44. The number of rotatable bonds is 1. The minimum atomic E-state index is -0.179. The second-order valence-electron chi connectivity index (χ2n) is 5.43. The van der Waals surface area contributed by atoms with Crippen LogP contribution in [0.5, 0.6) is 0 Å². The van der Waals surface area contributed by atoms with Crippen LogP contribution < -0.4 is 5.32 Å². The zero-order chi connectivity index (χ0) is 13.5. The van der Waals surface area contributed by atoms with Crippen LogP contribution in [0.15, 0.2) is 54.7 Å². The van der Waals surface area contributed by atoms with Gasteiger partial charge in [0.25, 0.3) is 0 Å². The van der Waals surface area contributed by atoms with E-state index in [2.05, 4.69) is 22.5 Å². The first-order chi connectivity index (χ1) is 9.84. The molecule has 1 N–H and O–H groups in total. The maximum absolute atomic E-state index is 14.1. The van der Waals surface area contributed by atoms with E-state index in [1.54, 1.807) is 12.3 Å². The van der Waals surface area contributed by atoms with E-state index in [-0.39, 0.29) is 17.8 Å². The monoisotopic (exact) mass is 266 g/mol. The quantitative estimate of drug-likeness (QED) is 0.788. The average Bonchev–Trinajstić information content (AvgIpc) is 2.97. The molecule has 0 spiro atoms. The van der Waals surface area contributed by atoms with Crippen LogP contribution in [0.25, 0.3) is 0 Å². The zero-order valence-electron chi connectivity index (χ0n) is 11.0. The van der Waals surface area contributed by atoms with Crippen LogP contribution in [0.2, 0.25) is 0 Å². The first kappa shape index (κ1) is 11.6. The summed E-state index contributed by atoms with van der Waals surface area (Å²) in [4.78, 5) is 4.45. The van der Waals surface area contributed by atoms with Crippen LogP contribution in [-0.4, -0.2) is 4.98 Å². The number of nitrogens with one attached hydrogen (secondary N) is 1. The topological polar surface area (TPSA) is 24.9 Å². The number of pyridine rings is 1. The van der Waals surface area contributed by atoms with Crippen molar-refractivity contribution in [3.05, 3.63) is 71.8 Å². The molecular formula is C17H15FN2. The summed E-state index contributed by atoms with van der Waals surface area (Å²) >= 11 is 0. The van der Waals surface area contributed by atoms with Gasteiger partial charge in [-0.3, -0.25) is 4.98 Å². The number of halogens is 1. The molecule has 1 aromatic heterocycles. The van der Waals surface area contributed by atoms with Gasteiger partial charge in [0, 0.05) is 12.1 Å². The molecule has 3 heteroatoms. The van der Waals surface area contributed by atoms with Gasteiger partial charge in [-0.1, -0.05) is 30.4 Å². The Morgan fingerprint density at radius 1 is 1.15 bits per heavy atom. The lowest BCUT2D eigenvalue weighted by atomic mass is 9.78. The van der Waals surface area contributed by atoms with Gasteiger partial charge in [0.2, 0.25) is 0 Å². The fraction of sp³-hybridized carbons (Fsp3) is 0.235. The lowest BCUT2D eigenvalue weighted by Crippen LogP contribution is -2.30. The molecule has 2 nitrogen and oxygen atoms in total. The van der Waals surface area contributed by atoms with Crippen molar-refractivity contribution in [2.45, 2.75) is 18.4 Å². The van der Waals surface area contributed by atoms with Crippen LogP contribution in [0.3, 0.4) is 0 Å². The third-order valence-electron chi connectivity index (χ3n) is 4.35. The number of hydrogen-bond donors (Lipinski definition) is 1. The van der Waals surface area contributed by atoms with Gasteiger partial charge in [-0.15, -0.1) is 0 Å². The third kappa shape index (κ3) is 1.66. The Balaban J connectivity index is 1.83. The van der Waals surface area contributed by atoms with Gasteiger partial charge in [0.1, 0.15) is 5.82 Å². The van der Waals surface area contributed by atoms with E-state index >= 15 is 0 Å². The number of nitrogens with zero attached hydrogens (tertiary/aromatic N) is 1. The van der Waals surface area contributed by atoms with Gasteiger partial charge in [-0.25, -0.2) is 4.39 Å². The number of anilines is 1. The summed E-state index contributed by atoms with van der Waals surface area (Å²) in [6.45, 7) is 0. The molecule has 0 amide bonds. The number of fused-ring (bicyclic) bond motifs is 3. The summed E-state index contributed by atoms with van der Waals surface area (Å²) in [5, 5.41) is 3.38. The number of allylic oxidation sites excluding steroid dienone is 2. The van der Waals surface area contributed by atoms with Crippen molar-refractivity contribution in [1.82, 2.24) is 4.98 Å². The van der Waals surface area contributed by atoms with E-state index in [4.69, 9.17) is 0 Å². The lowest BCUT2D eigenvalue weighted by Gasteiger charge is -2.36. The summed E-state index contributed by atoms with van der Waals surface area (Å²) in [5.74, 6) is 0.523. The van der Waals surface area contributed by atoms with Gasteiger partial charge in [-0.05, 0) is 36.1 Å². The summed E-state index contributed by atoms with van der Waals surface area (Å²) in [6.07, 6.45) is 7.22. The molecule has 3 atom stereocenters. The SMILES string of the molecule is Fc1cccc2c1N[C@@H](c1ccccn1)[C@H]1CC=C[C@@H]21. The number of benzene rings is 1. The molecule has 0 fully saturated rings. The van der Waals surface area contributed by atoms with Crippen molar-refractivity contribution in [3.63, 3.8) is 0 Å². The average molecular weight is 266 g/mol. The molecule has 0 radical (unpaired) electrons. The maximum Gasteiger partial charge on any atom is 0.146 e. The van der Waals surface area contributed by atoms with Crippen LogP contribution in [0.1, 0.15) is 29.6 Å². The molecule has 0 saturated heterocycles. The van der Waals surface area contributed by atoms with E-state index in [0.29, 0.717) is 11.6 Å². The highest BCUT2D eigenvalue weighted by Crippen LogP contribution is 2.49. The molecule has 1 aliphatic carbocycles. The Morgan fingerprint density at radius 3 is 2.95 bits per heavy atom. The molecule has 1 aliphatic heterocycles. The van der Waals surface area contributed by atoms with E-state index in [1.165, 1.54) is 6.07 Å². The van der Waals surface area contributed by atoms with Crippen molar-refractivity contribution in [1.29, 1.82) is 0 Å². The lowest BCUT2D eigenvalue weighted by molar-refractivity contribution is 0.414. The summed E-state index contributed by atoms with van der Waals surface area (Å²) in [6, 6.07) is 11.3. The standard InChI is InChI=1S/C17H15FN2/c18-14-8-4-7-12-11-5-3-6-13(11)17(20-16(12)14)15-9-1-2-10-19-15/h1-5,7-11,13,17,20H,6H2/t11-,13-,17+/m0/s1. The van der Waals surface area contributed by atoms with E-state index in [9.17, 15) is 4.39 Å². The Bertz CT molecular complexity index is 666. The highest BCUT2D eigenvalue weighted by Gasteiger charge is 2.39. The van der Waals surface area contributed by atoms with Crippen molar-refractivity contribution in [3.8, 4) is 0 Å². The molecule has 100 valence electrons. The predicted octanol–water partition coefficient (Wildman–Crippen LogP) is 4.05. The summed E-state index contributed by atoms with van der Waals surface area (Å²) < 4.78 is 14.1. The van der Waals surface area contributed by atoms with Crippen molar-refractivity contribution >= 4 is 5.69 Å². The van der Waals surface area contributed by atoms with Crippen LogP contribution >= 0.6 is 0 Å². The molecular weight excluding hydrogens is 251 g/mol. The van der Waals surface area contributed by atoms with Gasteiger partial charge < -0.3 is 5.32 Å². The summed E-state index contributed by atoms with van der Waals surface area (Å²) in [5.41, 5.74) is 2.69. The van der Waals surface area contributed by atoms with Crippen LogP contribution in [-0.2, 0) is 0 Å². The van der Waals surface area contributed by atoms with Crippen molar-refractivity contribution < 1.29 is 4.39 Å². The fourth-order valence-electron chi connectivity index (χ4n) is 3.44. The predicted molar refractivity (Wildman–Crippen MR) is 77.0 cm³/mol. The van der Waals surface area contributed by atoms with Crippen LogP contribution in [0.4, 0.5) is 10.1 Å². The third-order valence-corrected chi connectivity index (χ3v) is 4.35. The maximum atomic E-state index is 14.1. The number of aromatic nitrogens is 1. The molecule has 2 heterocycles. The Labute approximate surface area is 117 Å². The molecule has 4 rings (SSSR count). The van der Waals surface area contributed by atoms with Crippen molar-refractivity contribution in [2.75, 3.05) is 5.32 Å². The largest absolute Gasteiger partial charge is 0.374 e. The highest BCUT2D eigenvalue weighted by molar-refractivity contribution is 5.60. The van der Waals surface area contributed by atoms with Gasteiger partial charge in [-0.2, -0.15) is 0 Å².